The average Bonchev–Trinajstić information content (AvgIpc) is 3.40. The zero-order valence-electron chi connectivity index (χ0n) is 30.1. The number of nitrogens with zero attached hydrogens (tertiary/aromatic N) is 2. The highest BCUT2D eigenvalue weighted by molar-refractivity contribution is 6.08. The van der Waals surface area contributed by atoms with Gasteiger partial charge < -0.3 is 9.80 Å². The summed E-state index contributed by atoms with van der Waals surface area (Å²) in [5, 5.41) is 5.05. The van der Waals surface area contributed by atoms with Crippen molar-refractivity contribution in [3.8, 4) is 11.1 Å². The summed E-state index contributed by atoms with van der Waals surface area (Å²) in [5.74, 6) is 0. The maximum absolute atomic E-state index is 2.51. The van der Waals surface area contributed by atoms with Crippen molar-refractivity contribution in [1.29, 1.82) is 0 Å². The van der Waals surface area contributed by atoms with E-state index in [0.29, 0.717) is 0 Å². The molecule has 8 aromatic carbocycles. The van der Waals surface area contributed by atoms with Crippen LogP contribution in [0.15, 0.2) is 170 Å². The number of para-hydroxylation sites is 2. The highest BCUT2D eigenvalue weighted by atomic mass is 15.2. The number of rotatable bonds is 4. The van der Waals surface area contributed by atoms with E-state index in [4.69, 9.17) is 0 Å². The summed E-state index contributed by atoms with van der Waals surface area (Å²) in [7, 11) is 0. The zero-order chi connectivity index (χ0) is 35.2. The molecule has 0 fully saturated rings. The maximum Gasteiger partial charge on any atom is 0.0506 e. The minimum absolute atomic E-state index is 0.0834. The zero-order valence-corrected chi connectivity index (χ0v) is 30.1. The van der Waals surface area contributed by atoms with E-state index in [1.54, 1.807) is 0 Å². The van der Waals surface area contributed by atoms with E-state index >= 15 is 0 Å². The van der Waals surface area contributed by atoms with Crippen LogP contribution in [0.4, 0.5) is 34.1 Å². The first-order chi connectivity index (χ1) is 25.3. The van der Waals surface area contributed by atoms with Gasteiger partial charge in [0.1, 0.15) is 0 Å². The van der Waals surface area contributed by atoms with Gasteiger partial charge in [-0.15, -0.1) is 0 Å². The number of hydrogen-bond donors (Lipinski definition) is 0. The van der Waals surface area contributed by atoms with Crippen LogP contribution in [0.25, 0.3) is 32.7 Å². The van der Waals surface area contributed by atoms with Crippen molar-refractivity contribution in [2.45, 2.75) is 38.5 Å². The average molecular weight is 669 g/mol. The minimum atomic E-state index is -0.271. The van der Waals surface area contributed by atoms with Crippen molar-refractivity contribution in [2.24, 2.45) is 0 Å². The van der Waals surface area contributed by atoms with E-state index in [1.165, 1.54) is 72.0 Å². The molecule has 0 bridgehead atoms. The molecule has 10 rings (SSSR count). The van der Waals surface area contributed by atoms with Gasteiger partial charge in [0.2, 0.25) is 0 Å². The Kier molecular flexibility index (Phi) is 6.60. The highest BCUT2D eigenvalue weighted by Crippen LogP contribution is 2.58. The molecule has 250 valence electrons. The van der Waals surface area contributed by atoms with Crippen LogP contribution in [-0.2, 0) is 10.8 Å². The molecule has 2 aliphatic rings. The molecule has 2 nitrogen and oxygen atoms in total. The molecule has 2 heteroatoms. The second kappa shape index (κ2) is 11.2. The summed E-state index contributed by atoms with van der Waals surface area (Å²) in [6.07, 6.45) is 0. The third-order valence-corrected chi connectivity index (χ3v) is 11.8. The van der Waals surface area contributed by atoms with Crippen molar-refractivity contribution in [1.82, 2.24) is 0 Å². The van der Waals surface area contributed by atoms with E-state index in [-0.39, 0.29) is 10.8 Å². The Labute approximate surface area is 306 Å². The Balaban J connectivity index is 1.19. The first-order valence-electron chi connectivity index (χ1n) is 18.4. The van der Waals surface area contributed by atoms with Gasteiger partial charge >= 0.3 is 0 Å². The van der Waals surface area contributed by atoms with Gasteiger partial charge in [0.25, 0.3) is 0 Å². The van der Waals surface area contributed by atoms with Gasteiger partial charge in [-0.2, -0.15) is 0 Å². The van der Waals surface area contributed by atoms with Gasteiger partial charge in [-0.1, -0.05) is 131 Å². The molecule has 0 spiro atoms. The summed E-state index contributed by atoms with van der Waals surface area (Å²) >= 11 is 0. The van der Waals surface area contributed by atoms with Crippen LogP contribution in [0.3, 0.4) is 0 Å². The molecule has 0 saturated carbocycles. The second-order valence-corrected chi connectivity index (χ2v) is 15.4. The van der Waals surface area contributed by atoms with Crippen LogP contribution in [0.2, 0.25) is 0 Å². The third-order valence-electron chi connectivity index (χ3n) is 11.8. The molecule has 0 radical (unpaired) electrons. The van der Waals surface area contributed by atoms with Gasteiger partial charge in [0.15, 0.2) is 0 Å². The number of benzene rings is 8. The fourth-order valence-electron chi connectivity index (χ4n) is 9.07. The molecule has 0 N–H and O–H groups in total. The second-order valence-electron chi connectivity index (χ2n) is 15.4. The first-order valence-corrected chi connectivity index (χ1v) is 18.4. The summed E-state index contributed by atoms with van der Waals surface area (Å²) in [6, 6.07) is 62.8. The fourth-order valence-corrected chi connectivity index (χ4v) is 9.07. The predicted octanol–water partition coefficient (Wildman–Crippen LogP) is 13.9. The van der Waals surface area contributed by atoms with Crippen molar-refractivity contribution in [3.63, 3.8) is 0 Å². The van der Waals surface area contributed by atoms with Gasteiger partial charge in [0, 0.05) is 33.6 Å². The van der Waals surface area contributed by atoms with Crippen LogP contribution in [-0.4, -0.2) is 0 Å². The van der Waals surface area contributed by atoms with Crippen LogP contribution >= 0.6 is 0 Å². The number of hydrogen-bond acceptors (Lipinski definition) is 2. The van der Waals surface area contributed by atoms with Crippen LogP contribution in [0.1, 0.15) is 49.9 Å². The molecule has 8 aromatic rings. The standard InChI is InChI=1S/C50H40N2/c1-49(2)43-22-14-13-21-41(43)42-31-46-48(32-44(42)49)52(36-18-9-6-10-19-36)47-28-26-38(30-45(47)50(46,3)4)51(35-16-7-5-8-17-35)37-25-27-40-34(29-37)24-23-33-15-11-12-20-39(33)40/h5-32H,1-4H3. The van der Waals surface area contributed by atoms with Crippen molar-refractivity contribution in [2.75, 3.05) is 9.80 Å². The highest BCUT2D eigenvalue weighted by Gasteiger charge is 2.42. The van der Waals surface area contributed by atoms with E-state index in [9.17, 15) is 0 Å². The molecule has 0 saturated heterocycles. The van der Waals surface area contributed by atoms with Gasteiger partial charge in [-0.05, 0) is 122 Å². The molecule has 52 heavy (non-hydrogen) atoms. The Hall–Kier alpha value is -6.12. The summed E-state index contributed by atoms with van der Waals surface area (Å²) in [6.45, 7) is 9.56. The summed E-state index contributed by atoms with van der Waals surface area (Å²) < 4.78 is 0. The predicted molar refractivity (Wildman–Crippen MR) is 221 cm³/mol. The molecule has 1 aliphatic carbocycles. The summed E-state index contributed by atoms with van der Waals surface area (Å²) in [4.78, 5) is 4.90. The van der Waals surface area contributed by atoms with E-state index in [0.717, 1.165) is 17.1 Å². The summed E-state index contributed by atoms with van der Waals surface area (Å²) in [5.41, 5.74) is 14.9. The third kappa shape index (κ3) is 4.43. The molecule has 0 aromatic heterocycles. The quantitative estimate of drug-likeness (QED) is 0.172. The molecule has 0 atom stereocenters. The van der Waals surface area contributed by atoms with Crippen LogP contribution in [0.5, 0.6) is 0 Å². The smallest absolute Gasteiger partial charge is 0.0506 e. The van der Waals surface area contributed by atoms with E-state index in [1.807, 2.05) is 0 Å². The Morgan fingerprint density at radius 1 is 0.385 bits per heavy atom. The topological polar surface area (TPSA) is 6.48 Å². The largest absolute Gasteiger partial charge is 0.310 e. The fraction of sp³-hybridized carbons (Fsp3) is 0.120. The van der Waals surface area contributed by atoms with E-state index < -0.39 is 0 Å². The Morgan fingerprint density at radius 2 is 1.00 bits per heavy atom. The lowest BCUT2D eigenvalue weighted by Gasteiger charge is -2.43. The van der Waals surface area contributed by atoms with E-state index in [2.05, 4.69) is 207 Å². The Morgan fingerprint density at radius 3 is 1.83 bits per heavy atom. The first kappa shape index (κ1) is 30.7. The monoisotopic (exact) mass is 668 g/mol. The molecule has 0 amide bonds. The Bertz CT molecular complexity index is 2690. The lowest BCUT2D eigenvalue weighted by molar-refractivity contribution is 0.627. The molecular weight excluding hydrogens is 629 g/mol. The van der Waals surface area contributed by atoms with Crippen LogP contribution < -0.4 is 9.80 Å². The molecule has 0 unspecified atom stereocenters. The van der Waals surface area contributed by atoms with Crippen LogP contribution in [0, 0.1) is 0 Å². The van der Waals surface area contributed by atoms with Gasteiger partial charge in [-0.3, -0.25) is 0 Å². The van der Waals surface area contributed by atoms with Crippen molar-refractivity contribution >= 4 is 55.7 Å². The molecule has 1 aliphatic heterocycles. The lowest BCUT2D eigenvalue weighted by Crippen LogP contribution is -2.31. The normalized spacial score (nSPS) is 14.8. The molecular formula is C50H40N2. The van der Waals surface area contributed by atoms with Crippen molar-refractivity contribution in [3.05, 3.63) is 192 Å². The minimum Gasteiger partial charge on any atom is -0.310 e. The lowest BCUT2D eigenvalue weighted by atomic mass is 9.71. The maximum atomic E-state index is 2.51. The van der Waals surface area contributed by atoms with Gasteiger partial charge in [-0.25, -0.2) is 0 Å². The van der Waals surface area contributed by atoms with Gasteiger partial charge in [0.05, 0.1) is 11.4 Å². The van der Waals surface area contributed by atoms with Crippen molar-refractivity contribution < 1.29 is 0 Å². The number of anilines is 6. The number of fused-ring (bicyclic) bond motifs is 8. The SMILES string of the molecule is CC1(C)c2ccccc2-c2cc3c(cc21)N(c1ccccc1)c1ccc(N(c2ccccc2)c2ccc4c(ccc5ccccc54)c2)cc1C3(C)C. The molecule has 1 heterocycles.